The summed E-state index contributed by atoms with van der Waals surface area (Å²) in [6.45, 7) is 0. The monoisotopic (exact) mass is 801 g/mol. The Morgan fingerprint density at radius 1 is 0.413 bits per heavy atom. The number of nitrogens with zero attached hydrogens (tertiary/aromatic N) is 3. The third-order valence-electron chi connectivity index (χ3n) is 13.7. The Hall–Kier alpha value is -8.01. The van der Waals surface area contributed by atoms with Gasteiger partial charge in [0.15, 0.2) is 0 Å². The smallest absolute Gasteiger partial charge is 0.103 e. The van der Waals surface area contributed by atoms with E-state index in [0.717, 1.165) is 72.1 Å². The number of aliphatic imine (C=N–C) groups is 1. The van der Waals surface area contributed by atoms with Crippen LogP contribution < -0.4 is 0 Å². The highest BCUT2D eigenvalue weighted by atomic mass is 14.9. The van der Waals surface area contributed by atoms with E-state index in [4.69, 9.17) is 15.0 Å². The summed E-state index contributed by atoms with van der Waals surface area (Å²) in [5, 5.41) is 5.78. The van der Waals surface area contributed by atoms with Crippen LogP contribution >= 0.6 is 0 Å². The maximum Gasteiger partial charge on any atom is 0.103 e. The number of para-hydroxylation sites is 1. The Labute approximate surface area is 366 Å². The fourth-order valence-corrected chi connectivity index (χ4v) is 10.8. The summed E-state index contributed by atoms with van der Waals surface area (Å²) >= 11 is 0. The van der Waals surface area contributed by atoms with Crippen LogP contribution in [0.3, 0.4) is 0 Å². The van der Waals surface area contributed by atoms with Crippen molar-refractivity contribution in [1.82, 2.24) is 9.97 Å². The maximum absolute atomic E-state index is 5.55. The summed E-state index contributed by atoms with van der Waals surface area (Å²) in [7, 11) is 0. The predicted octanol–water partition coefficient (Wildman–Crippen LogP) is 14.4. The minimum absolute atomic E-state index is 0.109. The fourth-order valence-electron chi connectivity index (χ4n) is 10.8. The van der Waals surface area contributed by atoms with E-state index in [-0.39, 0.29) is 12.0 Å². The molecule has 3 nitrogen and oxygen atoms in total. The number of aromatic nitrogens is 2. The summed E-state index contributed by atoms with van der Waals surface area (Å²) in [5.74, 6) is 0.146. The number of rotatable bonds is 5. The second kappa shape index (κ2) is 14.0. The molecule has 0 N–H and O–H groups in total. The molecule has 0 fully saturated rings. The minimum Gasteiger partial charge on any atom is -0.274 e. The third kappa shape index (κ3) is 5.36. The molecule has 0 radical (unpaired) electrons. The number of hydrogen-bond acceptors (Lipinski definition) is 3. The first kappa shape index (κ1) is 35.7. The van der Waals surface area contributed by atoms with Crippen molar-refractivity contribution < 1.29 is 0 Å². The van der Waals surface area contributed by atoms with Crippen LogP contribution in [0.15, 0.2) is 223 Å². The lowest BCUT2D eigenvalue weighted by atomic mass is 9.67. The van der Waals surface area contributed by atoms with Crippen molar-refractivity contribution in [2.45, 2.75) is 11.5 Å². The Morgan fingerprint density at radius 3 is 1.83 bits per heavy atom. The Morgan fingerprint density at radius 2 is 1.05 bits per heavy atom. The third-order valence-corrected chi connectivity index (χ3v) is 13.7. The molecule has 2 atom stereocenters. The first-order valence-electron chi connectivity index (χ1n) is 21.8. The van der Waals surface area contributed by atoms with E-state index < -0.39 is 5.41 Å². The zero-order valence-electron chi connectivity index (χ0n) is 34.4. The van der Waals surface area contributed by atoms with E-state index in [1.54, 1.807) is 0 Å². The van der Waals surface area contributed by atoms with Gasteiger partial charge >= 0.3 is 0 Å². The van der Waals surface area contributed by atoms with Crippen molar-refractivity contribution in [1.29, 1.82) is 0 Å². The molecular formula is C60H39N3. The summed E-state index contributed by atoms with van der Waals surface area (Å²) in [6.07, 6.45) is 8.97. The summed E-state index contributed by atoms with van der Waals surface area (Å²) in [5.41, 5.74) is 16.5. The normalized spacial score (nSPS) is 16.7. The second-order valence-corrected chi connectivity index (χ2v) is 16.9. The molecular weight excluding hydrogens is 763 g/mol. The van der Waals surface area contributed by atoms with Crippen LogP contribution in [-0.2, 0) is 5.41 Å². The first-order valence-corrected chi connectivity index (χ1v) is 21.8. The predicted molar refractivity (Wildman–Crippen MR) is 260 cm³/mol. The SMILES string of the molecule is C1=CC2C=Cc3ccc(-c4ccccc4)nc3C2N=C1c1ccc(-c2nc3ccccc3c3cc4c(cc23)-c2ccccc2C4(c2ccccc2)c2ccccc2)c2ccccc12. The van der Waals surface area contributed by atoms with Gasteiger partial charge in [0.2, 0.25) is 0 Å². The molecule has 0 spiro atoms. The minimum atomic E-state index is -0.498. The van der Waals surface area contributed by atoms with Crippen LogP contribution in [0, 0.1) is 5.92 Å². The van der Waals surface area contributed by atoms with Crippen LogP contribution in [0.1, 0.15) is 45.1 Å². The van der Waals surface area contributed by atoms with Gasteiger partial charge < -0.3 is 0 Å². The first-order chi connectivity index (χ1) is 31.2. The largest absolute Gasteiger partial charge is 0.274 e. The van der Waals surface area contributed by atoms with Crippen LogP contribution in [0.5, 0.6) is 0 Å². The zero-order valence-corrected chi connectivity index (χ0v) is 34.4. The van der Waals surface area contributed by atoms with Gasteiger partial charge in [-0.05, 0) is 85.4 Å². The molecule has 1 aliphatic heterocycles. The number of fused-ring (bicyclic) bond motifs is 10. The van der Waals surface area contributed by atoms with Crippen molar-refractivity contribution in [3.63, 3.8) is 0 Å². The standard InChI is InChI=1S/C60H39N3/c1-4-16-38(17-5-1)54-34-30-39-28-29-40-31-35-56(62-58(40)57(39)61-54)47-32-33-48(44-23-11-10-22-43(44)47)59-51-36-50-45-24-12-14-26-52(45)60(41-18-6-2-7-19-41,42-20-8-3-9-21-42)53(50)37-49(51)46-25-13-15-27-55(46)63-59/h1-37,40,58H. The topological polar surface area (TPSA) is 38.1 Å². The van der Waals surface area contributed by atoms with Gasteiger partial charge in [0.05, 0.1) is 33.7 Å². The molecule has 0 saturated carbocycles. The van der Waals surface area contributed by atoms with Crippen molar-refractivity contribution >= 4 is 44.2 Å². The van der Waals surface area contributed by atoms with E-state index in [2.05, 4.69) is 218 Å². The van der Waals surface area contributed by atoms with Gasteiger partial charge in [-0.25, -0.2) is 9.97 Å². The Balaban J connectivity index is 1.02. The Bertz CT molecular complexity index is 3530. The number of dihydropyridines is 1. The fraction of sp³-hybridized carbons (Fsp3) is 0.0500. The molecule has 294 valence electrons. The molecule has 3 heteroatoms. The van der Waals surface area contributed by atoms with Gasteiger partial charge in [-0.15, -0.1) is 0 Å². The van der Waals surface area contributed by atoms with E-state index in [0.29, 0.717) is 0 Å². The quantitative estimate of drug-likeness (QED) is 0.163. The van der Waals surface area contributed by atoms with Gasteiger partial charge in [0, 0.05) is 33.4 Å². The van der Waals surface area contributed by atoms with E-state index in [1.807, 2.05) is 6.07 Å². The highest BCUT2D eigenvalue weighted by molar-refractivity contribution is 6.21. The lowest BCUT2D eigenvalue weighted by Crippen LogP contribution is -2.28. The number of benzene rings is 8. The lowest BCUT2D eigenvalue weighted by molar-refractivity contribution is 0.592. The summed E-state index contributed by atoms with van der Waals surface area (Å²) < 4.78 is 0. The summed E-state index contributed by atoms with van der Waals surface area (Å²) in [4.78, 5) is 16.3. The molecule has 13 rings (SSSR count). The molecule has 63 heavy (non-hydrogen) atoms. The van der Waals surface area contributed by atoms with Gasteiger partial charge in [0.1, 0.15) is 6.04 Å². The van der Waals surface area contributed by atoms with Crippen molar-refractivity contribution in [2.75, 3.05) is 0 Å². The molecule has 3 heterocycles. The van der Waals surface area contributed by atoms with E-state index in [1.165, 1.54) is 38.8 Å². The molecule has 8 aromatic carbocycles. The molecule has 0 saturated heterocycles. The van der Waals surface area contributed by atoms with Crippen molar-refractivity contribution in [2.24, 2.45) is 10.9 Å². The van der Waals surface area contributed by atoms with E-state index >= 15 is 0 Å². The highest BCUT2D eigenvalue weighted by Gasteiger charge is 2.46. The van der Waals surface area contributed by atoms with Crippen LogP contribution in [0.25, 0.3) is 72.2 Å². The lowest BCUT2D eigenvalue weighted by Gasteiger charge is -2.34. The van der Waals surface area contributed by atoms with Crippen LogP contribution in [0.4, 0.5) is 0 Å². The molecule has 0 bridgehead atoms. The number of pyridine rings is 2. The zero-order chi connectivity index (χ0) is 41.5. The van der Waals surface area contributed by atoms with Crippen molar-refractivity contribution in [3.8, 4) is 33.6 Å². The van der Waals surface area contributed by atoms with Gasteiger partial charge in [0.25, 0.3) is 0 Å². The molecule has 2 aliphatic carbocycles. The van der Waals surface area contributed by atoms with Gasteiger partial charge in [-0.3, -0.25) is 4.99 Å². The number of hydrogen-bond donors (Lipinski definition) is 0. The molecule has 0 amide bonds. The molecule has 3 aliphatic rings. The molecule has 10 aromatic rings. The second-order valence-electron chi connectivity index (χ2n) is 16.9. The molecule has 2 unspecified atom stereocenters. The van der Waals surface area contributed by atoms with Gasteiger partial charge in [-0.1, -0.05) is 194 Å². The average molecular weight is 802 g/mol. The Kier molecular flexibility index (Phi) is 7.95. The van der Waals surface area contributed by atoms with E-state index in [9.17, 15) is 0 Å². The van der Waals surface area contributed by atoms with Crippen LogP contribution in [-0.4, -0.2) is 15.7 Å². The average Bonchev–Trinajstić information content (AvgIpc) is 3.65. The van der Waals surface area contributed by atoms with Gasteiger partial charge in [-0.2, -0.15) is 0 Å². The highest BCUT2D eigenvalue weighted by Crippen LogP contribution is 2.57. The van der Waals surface area contributed by atoms with Crippen molar-refractivity contribution in [3.05, 3.63) is 257 Å². The maximum atomic E-state index is 5.55. The van der Waals surface area contributed by atoms with Crippen LogP contribution in [0.2, 0.25) is 0 Å². The summed E-state index contributed by atoms with van der Waals surface area (Å²) in [6, 6.07) is 72.6. The number of allylic oxidation sites excluding steroid dienone is 1. The molecule has 2 aromatic heterocycles.